The van der Waals surface area contributed by atoms with Crippen LogP contribution in [0, 0.1) is 0 Å². The van der Waals surface area contributed by atoms with Gasteiger partial charge in [0.25, 0.3) is 0 Å². The standard InChI is InChI=1S/C15H26N4O3/c1-5-6-8-19-14(11(2)3)12(10-16-19)17-15(22)18(4)9-7-13(20)21/h10-11H,5-9H2,1-4H3,(H,17,22)(H,20,21). The van der Waals surface area contributed by atoms with Gasteiger partial charge < -0.3 is 15.3 Å². The number of unbranched alkanes of at least 4 members (excludes halogenated alkanes) is 1. The molecule has 1 heterocycles. The maximum absolute atomic E-state index is 12.1. The predicted octanol–water partition coefficient (Wildman–Crippen LogP) is 2.75. The molecule has 1 aromatic rings. The first kappa shape index (κ1) is 18.0. The molecule has 0 aliphatic heterocycles. The zero-order valence-corrected chi connectivity index (χ0v) is 13.8. The molecular formula is C15H26N4O3. The number of carboxylic acid groups (broad SMARTS) is 1. The number of hydrogen-bond acceptors (Lipinski definition) is 3. The summed E-state index contributed by atoms with van der Waals surface area (Å²) in [4.78, 5) is 24.0. The van der Waals surface area contributed by atoms with Crippen molar-refractivity contribution >= 4 is 17.7 Å². The number of carbonyl (C=O) groups excluding carboxylic acids is 1. The molecule has 7 heteroatoms. The highest BCUT2D eigenvalue weighted by Gasteiger charge is 2.18. The first-order valence-electron chi connectivity index (χ1n) is 7.66. The minimum Gasteiger partial charge on any atom is -0.481 e. The molecule has 0 saturated heterocycles. The molecule has 2 amide bonds. The SMILES string of the molecule is CCCCn1ncc(NC(=O)N(C)CCC(=O)O)c1C(C)C. The summed E-state index contributed by atoms with van der Waals surface area (Å²) >= 11 is 0. The summed E-state index contributed by atoms with van der Waals surface area (Å²) in [6.45, 7) is 7.24. The largest absolute Gasteiger partial charge is 0.481 e. The Balaban J connectivity index is 2.77. The van der Waals surface area contributed by atoms with Gasteiger partial charge in [-0.2, -0.15) is 5.10 Å². The maximum Gasteiger partial charge on any atom is 0.321 e. The molecule has 0 aliphatic rings. The molecule has 0 fully saturated rings. The molecule has 0 aliphatic carbocycles. The van der Waals surface area contributed by atoms with Crippen molar-refractivity contribution in [2.75, 3.05) is 18.9 Å². The van der Waals surface area contributed by atoms with E-state index in [1.165, 1.54) is 4.90 Å². The number of carbonyl (C=O) groups is 2. The van der Waals surface area contributed by atoms with Crippen LogP contribution in [0.1, 0.15) is 51.6 Å². The Morgan fingerprint density at radius 1 is 1.45 bits per heavy atom. The van der Waals surface area contributed by atoms with E-state index in [4.69, 9.17) is 5.11 Å². The van der Waals surface area contributed by atoms with E-state index in [9.17, 15) is 9.59 Å². The number of aryl methyl sites for hydroxylation is 1. The highest BCUT2D eigenvalue weighted by atomic mass is 16.4. The molecule has 0 atom stereocenters. The summed E-state index contributed by atoms with van der Waals surface area (Å²) in [6, 6.07) is -0.321. The summed E-state index contributed by atoms with van der Waals surface area (Å²) in [6.07, 6.45) is 3.70. The lowest BCUT2D eigenvalue weighted by Gasteiger charge is -2.18. The van der Waals surface area contributed by atoms with Crippen molar-refractivity contribution in [3.63, 3.8) is 0 Å². The summed E-state index contributed by atoms with van der Waals surface area (Å²) in [7, 11) is 1.58. The Labute approximate surface area is 131 Å². The van der Waals surface area contributed by atoms with Crippen molar-refractivity contribution in [3.8, 4) is 0 Å². The van der Waals surface area contributed by atoms with Gasteiger partial charge >= 0.3 is 12.0 Å². The van der Waals surface area contributed by atoms with E-state index in [0.29, 0.717) is 5.69 Å². The smallest absolute Gasteiger partial charge is 0.321 e. The van der Waals surface area contributed by atoms with Gasteiger partial charge in [0.15, 0.2) is 0 Å². The van der Waals surface area contributed by atoms with E-state index in [1.54, 1.807) is 13.2 Å². The zero-order chi connectivity index (χ0) is 16.7. The fourth-order valence-corrected chi connectivity index (χ4v) is 2.16. The number of amides is 2. The molecule has 22 heavy (non-hydrogen) atoms. The third-order valence-corrected chi connectivity index (χ3v) is 3.40. The number of urea groups is 1. The van der Waals surface area contributed by atoms with Crippen LogP contribution in [0.3, 0.4) is 0 Å². The summed E-state index contributed by atoms with van der Waals surface area (Å²) in [5, 5.41) is 15.8. The van der Waals surface area contributed by atoms with Gasteiger partial charge in [-0.25, -0.2) is 4.79 Å². The molecule has 2 N–H and O–H groups in total. The first-order chi connectivity index (χ1) is 10.4. The molecule has 7 nitrogen and oxygen atoms in total. The monoisotopic (exact) mass is 310 g/mol. The van der Waals surface area contributed by atoms with Crippen molar-refractivity contribution in [1.29, 1.82) is 0 Å². The number of nitrogens with one attached hydrogen (secondary N) is 1. The third-order valence-electron chi connectivity index (χ3n) is 3.40. The van der Waals surface area contributed by atoms with Crippen LogP contribution < -0.4 is 5.32 Å². The molecule has 1 aromatic heterocycles. The van der Waals surface area contributed by atoms with Crippen molar-refractivity contribution in [2.24, 2.45) is 0 Å². The Morgan fingerprint density at radius 3 is 2.68 bits per heavy atom. The van der Waals surface area contributed by atoms with Crippen LogP contribution in [0.4, 0.5) is 10.5 Å². The van der Waals surface area contributed by atoms with E-state index >= 15 is 0 Å². The van der Waals surface area contributed by atoms with Crippen molar-refractivity contribution in [2.45, 2.75) is 52.5 Å². The summed E-state index contributed by atoms with van der Waals surface area (Å²) in [5.74, 6) is -0.686. The molecule has 1 rings (SSSR count). The topological polar surface area (TPSA) is 87.5 Å². The molecule has 0 radical (unpaired) electrons. The Hall–Kier alpha value is -2.05. The zero-order valence-electron chi connectivity index (χ0n) is 13.8. The quantitative estimate of drug-likeness (QED) is 0.773. The second-order valence-corrected chi connectivity index (χ2v) is 5.67. The lowest BCUT2D eigenvalue weighted by Crippen LogP contribution is -2.33. The average molecular weight is 310 g/mol. The minimum atomic E-state index is -0.921. The maximum atomic E-state index is 12.1. The molecule has 124 valence electrons. The molecule has 0 saturated carbocycles. The Kier molecular flexibility index (Phi) is 6.88. The number of aliphatic carboxylic acids is 1. The van der Waals surface area contributed by atoms with Crippen LogP contribution in [0.25, 0.3) is 0 Å². The van der Waals surface area contributed by atoms with E-state index in [0.717, 1.165) is 25.1 Å². The number of aromatic nitrogens is 2. The van der Waals surface area contributed by atoms with E-state index < -0.39 is 5.97 Å². The number of nitrogens with zero attached hydrogens (tertiary/aromatic N) is 3. The van der Waals surface area contributed by atoms with Gasteiger partial charge in [0.1, 0.15) is 0 Å². The number of anilines is 1. The molecule has 0 spiro atoms. The Bertz CT molecular complexity index is 511. The number of carboxylic acids is 1. The molecule has 0 aromatic carbocycles. The highest BCUT2D eigenvalue weighted by Crippen LogP contribution is 2.24. The van der Waals surface area contributed by atoms with Crippen molar-refractivity contribution < 1.29 is 14.7 Å². The van der Waals surface area contributed by atoms with Crippen LogP contribution in [0.5, 0.6) is 0 Å². The number of hydrogen-bond donors (Lipinski definition) is 2. The average Bonchev–Trinajstić information content (AvgIpc) is 2.85. The Morgan fingerprint density at radius 2 is 2.14 bits per heavy atom. The predicted molar refractivity (Wildman–Crippen MR) is 85.1 cm³/mol. The van der Waals surface area contributed by atoms with Gasteiger partial charge in [0.2, 0.25) is 0 Å². The van der Waals surface area contributed by atoms with Gasteiger partial charge in [-0.1, -0.05) is 27.2 Å². The minimum absolute atomic E-state index is 0.0727. The lowest BCUT2D eigenvalue weighted by molar-refractivity contribution is -0.137. The van der Waals surface area contributed by atoms with Gasteiger partial charge in [0, 0.05) is 20.1 Å². The second kappa shape index (κ2) is 8.41. The second-order valence-electron chi connectivity index (χ2n) is 5.67. The van der Waals surface area contributed by atoms with E-state index in [-0.39, 0.29) is 24.9 Å². The van der Waals surface area contributed by atoms with Crippen LogP contribution in [-0.2, 0) is 11.3 Å². The van der Waals surface area contributed by atoms with Crippen LogP contribution in [0.2, 0.25) is 0 Å². The normalized spacial score (nSPS) is 10.8. The molecule has 0 unspecified atom stereocenters. The lowest BCUT2D eigenvalue weighted by atomic mass is 10.1. The summed E-state index contributed by atoms with van der Waals surface area (Å²) in [5.41, 5.74) is 1.69. The number of rotatable bonds is 8. The third kappa shape index (κ3) is 5.05. The first-order valence-corrected chi connectivity index (χ1v) is 7.66. The van der Waals surface area contributed by atoms with Gasteiger partial charge in [-0.3, -0.25) is 9.48 Å². The van der Waals surface area contributed by atoms with Crippen molar-refractivity contribution in [1.82, 2.24) is 14.7 Å². The van der Waals surface area contributed by atoms with Crippen LogP contribution >= 0.6 is 0 Å². The van der Waals surface area contributed by atoms with Gasteiger partial charge in [-0.15, -0.1) is 0 Å². The van der Waals surface area contributed by atoms with Crippen LogP contribution in [-0.4, -0.2) is 45.4 Å². The molecule has 0 bridgehead atoms. The summed E-state index contributed by atoms with van der Waals surface area (Å²) < 4.78 is 1.93. The van der Waals surface area contributed by atoms with E-state index in [2.05, 4.69) is 31.2 Å². The fourth-order valence-electron chi connectivity index (χ4n) is 2.16. The fraction of sp³-hybridized carbons (Fsp3) is 0.667. The van der Waals surface area contributed by atoms with E-state index in [1.807, 2.05) is 4.68 Å². The highest BCUT2D eigenvalue weighted by molar-refractivity contribution is 5.90. The molecular weight excluding hydrogens is 284 g/mol. The van der Waals surface area contributed by atoms with Gasteiger partial charge in [0.05, 0.1) is 24.0 Å². The van der Waals surface area contributed by atoms with Crippen molar-refractivity contribution in [3.05, 3.63) is 11.9 Å². The van der Waals surface area contributed by atoms with Gasteiger partial charge in [-0.05, 0) is 12.3 Å². The van der Waals surface area contributed by atoms with Crippen LogP contribution in [0.15, 0.2) is 6.20 Å².